The first-order valence-corrected chi connectivity index (χ1v) is 9.06. The lowest BCUT2D eigenvalue weighted by Crippen LogP contribution is -2.15. The molecule has 2 aromatic carbocycles. The molecule has 3 rings (SSSR count). The van der Waals surface area contributed by atoms with Gasteiger partial charge in [0.2, 0.25) is 6.79 Å². The van der Waals surface area contributed by atoms with E-state index in [1.54, 1.807) is 24.3 Å². The van der Waals surface area contributed by atoms with Crippen LogP contribution < -0.4 is 14.2 Å². The fourth-order valence-electron chi connectivity index (χ4n) is 2.15. The van der Waals surface area contributed by atoms with Crippen molar-refractivity contribution in [1.82, 2.24) is 0 Å². The van der Waals surface area contributed by atoms with Gasteiger partial charge in [0, 0.05) is 6.07 Å². The molecule has 6 nitrogen and oxygen atoms in total. The van der Waals surface area contributed by atoms with Crippen LogP contribution in [0.5, 0.6) is 17.2 Å². The molecule has 0 saturated carbocycles. The number of benzene rings is 2. The highest BCUT2D eigenvalue weighted by Gasteiger charge is 2.20. The van der Waals surface area contributed by atoms with Crippen LogP contribution in [0, 0.1) is 0 Å². The van der Waals surface area contributed by atoms with E-state index in [4.69, 9.17) is 25.8 Å². The standard InChI is InChI=1S/C16H13ClO6S/c17-12-3-1-2-4-15(12)24(19,20)8-7-16(18)23-11-5-6-13-14(9-11)22-10-21-13/h1-6,9H,7-8,10H2. The molecule has 0 N–H and O–H groups in total. The normalized spacial score (nSPS) is 12.9. The molecule has 24 heavy (non-hydrogen) atoms. The van der Waals surface area contributed by atoms with Crippen LogP contribution in [0.1, 0.15) is 6.42 Å². The number of hydrogen-bond acceptors (Lipinski definition) is 6. The maximum Gasteiger partial charge on any atom is 0.312 e. The minimum absolute atomic E-state index is 0.00236. The van der Waals surface area contributed by atoms with Gasteiger partial charge in [-0.15, -0.1) is 0 Å². The van der Waals surface area contributed by atoms with Gasteiger partial charge in [0.15, 0.2) is 21.3 Å². The molecule has 0 atom stereocenters. The molecular weight excluding hydrogens is 356 g/mol. The zero-order chi connectivity index (χ0) is 17.2. The number of fused-ring (bicyclic) bond motifs is 1. The van der Waals surface area contributed by atoms with Crippen LogP contribution in [0.15, 0.2) is 47.4 Å². The van der Waals surface area contributed by atoms with E-state index < -0.39 is 15.8 Å². The van der Waals surface area contributed by atoms with E-state index in [1.807, 2.05) is 0 Å². The molecule has 0 fully saturated rings. The fourth-order valence-corrected chi connectivity index (χ4v) is 3.94. The first kappa shape index (κ1) is 16.6. The summed E-state index contributed by atoms with van der Waals surface area (Å²) in [4.78, 5) is 11.9. The van der Waals surface area contributed by atoms with Crippen molar-refractivity contribution in [3.63, 3.8) is 0 Å². The molecule has 0 bridgehead atoms. The number of halogens is 1. The maximum atomic E-state index is 12.2. The molecule has 8 heteroatoms. The van der Waals surface area contributed by atoms with Gasteiger partial charge in [0.1, 0.15) is 5.75 Å². The molecular formula is C16H13ClO6S. The second-order valence-electron chi connectivity index (χ2n) is 4.99. The molecule has 1 heterocycles. The van der Waals surface area contributed by atoms with E-state index in [1.165, 1.54) is 18.2 Å². The van der Waals surface area contributed by atoms with Crippen molar-refractivity contribution in [1.29, 1.82) is 0 Å². The van der Waals surface area contributed by atoms with Crippen LogP contribution in [0.25, 0.3) is 0 Å². The summed E-state index contributed by atoms with van der Waals surface area (Å²) >= 11 is 5.89. The Morgan fingerprint density at radius 3 is 2.67 bits per heavy atom. The Hall–Kier alpha value is -2.25. The number of hydrogen-bond donors (Lipinski definition) is 0. The number of rotatable bonds is 5. The van der Waals surface area contributed by atoms with Crippen molar-refractivity contribution in [2.24, 2.45) is 0 Å². The van der Waals surface area contributed by atoms with Gasteiger partial charge >= 0.3 is 5.97 Å². The van der Waals surface area contributed by atoms with Crippen molar-refractivity contribution >= 4 is 27.4 Å². The van der Waals surface area contributed by atoms with E-state index in [0.29, 0.717) is 11.5 Å². The first-order chi connectivity index (χ1) is 11.5. The quantitative estimate of drug-likeness (QED) is 0.596. The molecule has 0 amide bonds. The zero-order valence-electron chi connectivity index (χ0n) is 12.4. The van der Waals surface area contributed by atoms with E-state index in [-0.39, 0.29) is 34.6 Å². The Balaban J connectivity index is 1.62. The number of carbonyl (C=O) groups is 1. The average molecular weight is 369 g/mol. The molecule has 126 valence electrons. The number of sulfone groups is 1. The van der Waals surface area contributed by atoms with Gasteiger partial charge in [-0.25, -0.2) is 8.42 Å². The highest BCUT2D eigenvalue weighted by molar-refractivity contribution is 7.91. The van der Waals surface area contributed by atoms with Crippen molar-refractivity contribution < 1.29 is 27.4 Å². The van der Waals surface area contributed by atoms with Crippen molar-refractivity contribution in [2.45, 2.75) is 11.3 Å². The second kappa shape index (κ2) is 6.70. The Morgan fingerprint density at radius 1 is 1.12 bits per heavy atom. The molecule has 0 aliphatic carbocycles. The summed E-state index contributed by atoms with van der Waals surface area (Å²) in [6, 6.07) is 10.8. The minimum Gasteiger partial charge on any atom is -0.454 e. The summed E-state index contributed by atoms with van der Waals surface area (Å²) in [5, 5.41) is 0.127. The SMILES string of the molecule is O=C(CCS(=O)(=O)c1ccccc1Cl)Oc1ccc2c(c1)OCO2. The largest absolute Gasteiger partial charge is 0.454 e. The predicted octanol–water partition coefficient (Wildman–Crippen LogP) is 2.84. The summed E-state index contributed by atoms with van der Waals surface area (Å²) in [5.74, 6) is 0.254. The molecule has 1 aliphatic heterocycles. The number of ether oxygens (including phenoxy) is 3. The Kier molecular flexibility index (Phi) is 4.64. The minimum atomic E-state index is -3.67. The summed E-state index contributed by atoms with van der Waals surface area (Å²) < 4.78 is 39.9. The van der Waals surface area contributed by atoms with Gasteiger partial charge in [0.25, 0.3) is 0 Å². The average Bonchev–Trinajstić information content (AvgIpc) is 3.01. The summed E-state index contributed by atoms with van der Waals surface area (Å²) in [6.45, 7) is 0.114. The molecule has 2 aromatic rings. The third-order valence-corrected chi connectivity index (χ3v) is 5.53. The lowest BCUT2D eigenvalue weighted by molar-refractivity contribution is -0.133. The van der Waals surface area contributed by atoms with Gasteiger partial charge < -0.3 is 14.2 Å². The smallest absolute Gasteiger partial charge is 0.312 e. The van der Waals surface area contributed by atoms with E-state index in [2.05, 4.69) is 0 Å². The highest BCUT2D eigenvalue weighted by Crippen LogP contribution is 2.35. The van der Waals surface area contributed by atoms with Crippen LogP contribution in [-0.2, 0) is 14.6 Å². The summed E-state index contributed by atoms with van der Waals surface area (Å²) in [7, 11) is -3.67. The zero-order valence-corrected chi connectivity index (χ0v) is 14.0. The Morgan fingerprint density at radius 2 is 1.88 bits per heavy atom. The van der Waals surface area contributed by atoms with Crippen molar-refractivity contribution in [3.8, 4) is 17.2 Å². The van der Waals surface area contributed by atoms with Gasteiger partial charge in [-0.1, -0.05) is 23.7 Å². The lowest BCUT2D eigenvalue weighted by Gasteiger charge is -2.07. The Labute approximate surface area is 143 Å². The molecule has 0 spiro atoms. The fraction of sp³-hybridized carbons (Fsp3) is 0.188. The molecule has 0 saturated heterocycles. The van der Waals surface area contributed by atoms with Crippen molar-refractivity contribution in [3.05, 3.63) is 47.5 Å². The third kappa shape index (κ3) is 3.63. The first-order valence-electron chi connectivity index (χ1n) is 7.03. The highest BCUT2D eigenvalue weighted by atomic mass is 35.5. The van der Waals surface area contributed by atoms with Crippen LogP contribution in [0.4, 0.5) is 0 Å². The molecule has 0 aromatic heterocycles. The molecule has 1 aliphatic rings. The second-order valence-corrected chi connectivity index (χ2v) is 7.47. The summed E-state index contributed by atoms with van der Waals surface area (Å²) in [6.07, 6.45) is -0.290. The van der Waals surface area contributed by atoms with Crippen LogP contribution in [0.3, 0.4) is 0 Å². The topological polar surface area (TPSA) is 78.9 Å². The monoisotopic (exact) mass is 368 g/mol. The number of esters is 1. The predicted molar refractivity (Wildman–Crippen MR) is 86.3 cm³/mol. The third-order valence-electron chi connectivity index (χ3n) is 3.32. The molecule has 0 unspecified atom stereocenters. The van der Waals surface area contributed by atoms with Crippen LogP contribution >= 0.6 is 11.6 Å². The Bertz CT molecular complexity index is 878. The van der Waals surface area contributed by atoms with Crippen molar-refractivity contribution in [2.75, 3.05) is 12.5 Å². The van der Waals surface area contributed by atoms with E-state index in [9.17, 15) is 13.2 Å². The van der Waals surface area contributed by atoms with Crippen LogP contribution in [0.2, 0.25) is 5.02 Å². The summed E-state index contributed by atoms with van der Waals surface area (Å²) in [5.41, 5.74) is 0. The van der Waals surface area contributed by atoms with Gasteiger partial charge in [0.05, 0.1) is 22.1 Å². The lowest BCUT2D eigenvalue weighted by atomic mass is 10.3. The van der Waals surface area contributed by atoms with E-state index in [0.717, 1.165) is 0 Å². The molecule has 0 radical (unpaired) electrons. The van der Waals surface area contributed by atoms with Gasteiger partial charge in [-0.2, -0.15) is 0 Å². The van der Waals surface area contributed by atoms with E-state index >= 15 is 0 Å². The van der Waals surface area contributed by atoms with Gasteiger partial charge in [-0.05, 0) is 24.3 Å². The van der Waals surface area contributed by atoms with Crippen LogP contribution in [-0.4, -0.2) is 26.9 Å². The van der Waals surface area contributed by atoms with Gasteiger partial charge in [-0.3, -0.25) is 4.79 Å². The number of carbonyl (C=O) groups excluding carboxylic acids is 1. The maximum absolute atomic E-state index is 12.2.